The molecule has 0 bridgehead atoms. The second-order valence-electron chi connectivity index (χ2n) is 5.20. The van der Waals surface area contributed by atoms with Gasteiger partial charge in [-0.3, -0.25) is 4.79 Å². The highest BCUT2D eigenvalue weighted by atomic mass is 16.1. The fraction of sp³-hybridized carbons (Fsp3) is 0.600. The van der Waals surface area contributed by atoms with E-state index in [1.54, 1.807) is 0 Å². The summed E-state index contributed by atoms with van der Waals surface area (Å²) in [6, 6.07) is 4.05. The number of piperidine rings is 1. The van der Waals surface area contributed by atoms with E-state index < -0.39 is 0 Å². The summed E-state index contributed by atoms with van der Waals surface area (Å²) >= 11 is 0. The predicted octanol–water partition coefficient (Wildman–Crippen LogP) is 1.30. The van der Waals surface area contributed by atoms with Crippen molar-refractivity contribution in [3.05, 3.63) is 23.9 Å². The minimum atomic E-state index is 0.0793. The van der Waals surface area contributed by atoms with Crippen LogP contribution in [0.2, 0.25) is 0 Å². The Morgan fingerprint density at radius 1 is 1.35 bits per heavy atom. The van der Waals surface area contributed by atoms with Crippen LogP contribution in [0.5, 0.6) is 0 Å². The molecule has 0 spiro atoms. The van der Waals surface area contributed by atoms with E-state index in [-0.39, 0.29) is 5.91 Å². The molecule has 5 heteroatoms. The molecule has 1 aliphatic rings. The van der Waals surface area contributed by atoms with Crippen LogP contribution in [0.4, 0.5) is 5.82 Å². The van der Waals surface area contributed by atoms with Gasteiger partial charge in [0.15, 0.2) is 0 Å². The second-order valence-corrected chi connectivity index (χ2v) is 5.20. The zero-order valence-electron chi connectivity index (χ0n) is 12.2. The van der Waals surface area contributed by atoms with Gasteiger partial charge in [-0.25, -0.2) is 4.98 Å². The van der Waals surface area contributed by atoms with Gasteiger partial charge in [-0.2, -0.15) is 0 Å². The van der Waals surface area contributed by atoms with Crippen molar-refractivity contribution in [2.45, 2.75) is 32.2 Å². The van der Waals surface area contributed by atoms with E-state index in [0.29, 0.717) is 19.5 Å². The van der Waals surface area contributed by atoms with E-state index in [1.807, 2.05) is 19.3 Å². The number of anilines is 1. The third-order valence-electron chi connectivity index (χ3n) is 3.58. The quantitative estimate of drug-likeness (QED) is 0.822. The van der Waals surface area contributed by atoms with Crippen molar-refractivity contribution in [1.82, 2.24) is 15.6 Å². The van der Waals surface area contributed by atoms with Crippen molar-refractivity contribution in [3.8, 4) is 0 Å². The van der Waals surface area contributed by atoms with E-state index >= 15 is 0 Å². The molecule has 0 aliphatic carbocycles. The third-order valence-corrected chi connectivity index (χ3v) is 3.58. The molecule has 5 nitrogen and oxygen atoms in total. The average molecular weight is 276 g/mol. The minimum absolute atomic E-state index is 0.0793. The van der Waals surface area contributed by atoms with Crippen LogP contribution in [0, 0.1) is 0 Å². The molecule has 1 fully saturated rings. The Hall–Kier alpha value is -1.62. The molecule has 0 unspecified atom stereocenters. The number of pyridine rings is 1. The van der Waals surface area contributed by atoms with Crippen LogP contribution in [0.3, 0.4) is 0 Å². The summed E-state index contributed by atoms with van der Waals surface area (Å²) in [5.41, 5.74) is 1.11. The van der Waals surface area contributed by atoms with E-state index in [2.05, 4.69) is 26.6 Å². The molecule has 0 aromatic carbocycles. The summed E-state index contributed by atoms with van der Waals surface area (Å²) in [5.74, 6) is 1.11. The maximum atomic E-state index is 11.6. The first-order valence-electron chi connectivity index (χ1n) is 7.41. The van der Waals surface area contributed by atoms with E-state index in [9.17, 15) is 4.79 Å². The molecule has 0 saturated carbocycles. The van der Waals surface area contributed by atoms with Gasteiger partial charge in [-0.15, -0.1) is 0 Å². The summed E-state index contributed by atoms with van der Waals surface area (Å²) in [4.78, 5) is 18.4. The number of hydrogen-bond acceptors (Lipinski definition) is 4. The van der Waals surface area contributed by atoms with Gasteiger partial charge in [0.05, 0.1) is 0 Å². The van der Waals surface area contributed by atoms with Gasteiger partial charge in [0.2, 0.25) is 5.91 Å². The van der Waals surface area contributed by atoms with Crippen LogP contribution in [0.1, 0.15) is 31.2 Å². The molecule has 1 saturated heterocycles. The van der Waals surface area contributed by atoms with E-state index in [0.717, 1.165) is 24.5 Å². The second kappa shape index (κ2) is 7.85. The van der Waals surface area contributed by atoms with Gasteiger partial charge in [0.25, 0.3) is 0 Å². The van der Waals surface area contributed by atoms with Crippen molar-refractivity contribution in [2.75, 3.05) is 31.6 Å². The predicted molar refractivity (Wildman–Crippen MR) is 80.7 cm³/mol. The fourth-order valence-electron chi connectivity index (χ4n) is 2.39. The van der Waals surface area contributed by atoms with Crippen LogP contribution < -0.4 is 15.5 Å². The molecule has 0 atom stereocenters. The van der Waals surface area contributed by atoms with Crippen molar-refractivity contribution < 1.29 is 4.79 Å². The Kier molecular flexibility index (Phi) is 5.80. The van der Waals surface area contributed by atoms with Crippen molar-refractivity contribution in [1.29, 1.82) is 0 Å². The average Bonchev–Trinajstić information content (AvgIpc) is 2.52. The highest BCUT2D eigenvalue weighted by Gasteiger charge is 2.12. The molecule has 2 heterocycles. The molecule has 1 amide bonds. The van der Waals surface area contributed by atoms with E-state index in [1.165, 1.54) is 19.3 Å². The smallest absolute Gasteiger partial charge is 0.221 e. The molecule has 110 valence electrons. The van der Waals surface area contributed by atoms with E-state index in [4.69, 9.17) is 0 Å². The Balaban J connectivity index is 1.87. The lowest BCUT2D eigenvalue weighted by atomic mass is 10.1. The summed E-state index contributed by atoms with van der Waals surface area (Å²) in [7, 11) is 1.85. The number of aromatic nitrogens is 1. The lowest BCUT2D eigenvalue weighted by Crippen LogP contribution is -2.30. The minimum Gasteiger partial charge on any atom is -0.357 e. The number of rotatable bonds is 6. The molecule has 2 rings (SSSR count). The van der Waals surface area contributed by atoms with Gasteiger partial charge in [0.1, 0.15) is 5.82 Å². The first-order chi connectivity index (χ1) is 9.79. The maximum Gasteiger partial charge on any atom is 0.221 e. The van der Waals surface area contributed by atoms with Gasteiger partial charge in [-0.05, 0) is 44.0 Å². The summed E-state index contributed by atoms with van der Waals surface area (Å²) in [6.07, 6.45) is 6.15. The number of hydrogen-bond donors (Lipinski definition) is 2. The molecule has 0 radical (unpaired) electrons. The number of carbonyl (C=O) groups excluding carboxylic acids is 1. The number of carbonyl (C=O) groups is 1. The van der Waals surface area contributed by atoms with Crippen LogP contribution in [-0.2, 0) is 11.3 Å². The van der Waals surface area contributed by atoms with Gasteiger partial charge < -0.3 is 15.5 Å². The molecule has 1 aromatic heterocycles. The molecule has 1 aliphatic heterocycles. The van der Waals surface area contributed by atoms with Crippen LogP contribution in [0.15, 0.2) is 18.3 Å². The first kappa shape index (κ1) is 14.8. The topological polar surface area (TPSA) is 57.3 Å². The summed E-state index contributed by atoms with van der Waals surface area (Å²) in [5, 5.41) is 5.91. The van der Waals surface area contributed by atoms with Crippen LogP contribution in [-0.4, -0.2) is 37.6 Å². The normalized spacial score (nSPS) is 15.2. The molecule has 20 heavy (non-hydrogen) atoms. The Labute approximate surface area is 120 Å². The molecule has 2 N–H and O–H groups in total. The Bertz CT molecular complexity index is 430. The zero-order valence-corrected chi connectivity index (χ0v) is 12.2. The van der Waals surface area contributed by atoms with Gasteiger partial charge >= 0.3 is 0 Å². The largest absolute Gasteiger partial charge is 0.357 e. The summed E-state index contributed by atoms with van der Waals surface area (Å²) < 4.78 is 0. The molecular formula is C15H24N4O. The first-order valence-corrected chi connectivity index (χ1v) is 7.41. The Morgan fingerprint density at radius 2 is 2.15 bits per heavy atom. The fourth-order valence-corrected chi connectivity index (χ4v) is 2.39. The summed E-state index contributed by atoms with van der Waals surface area (Å²) in [6.45, 7) is 3.46. The SMILES string of the molecule is CNCCC(=O)NCc1ccnc(N2CCCCC2)c1. The molecular weight excluding hydrogens is 252 g/mol. The van der Waals surface area contributed by atoms with Crippen LogP contribution >= 0.6 is 0 Å². The standard InChI is InChI=1S/C15H24N4O/c1-16-7-6-15(20)18-12-13-5-8-17-14(11-13)19-9-3-2-4-10-19/h5,8,11,16H,2-4,6-7,9-10,12H2,1H3,(H,18,20). The van der Waals surface area contributed by atoms with Crippen molar-refractivity contribution in [2.24, 2.45) is 0 Å². The lowest BCUT2D eigenvalue weighted by molar-refractivity contribution is -0.121. The highest BCUT2D eigenvalue weighted by molar-refractivity contribution is 5.76. The Morgan fingerprint density at radius 3 is 2.90 bits per heavy atom. The monoisotopic (exact) mass is 276 g/mol. The van der Waals surface area contributed by atoms with Crippen LogP contribution in [0.25, 0.3) is 0 Å². The van der Waals surface area contributed by atoms with Gasteiger partial charge in [0, 0.05) is 38.8 Å². The lowest BCUT2D eigenvalue weighted by Gasteiger charge is -2.27. The van der Waals surface area contributed by atoms with Gasteiger partial charge in [-0.1, -0.05) is 0 Å². The number of nitrogens with zero attached hydrogens (tertiary/aromatic N) is 2. The number of amides is 1. The number of nitrogens with one attached hydrogen (secondary N) is 2. The highest BCUT2D eigenvalue weighted by Crippen LogP contribution is 2.18. The van der Waals surface area contributed by atoms with Crippen molar-refractivity contribution >= 4 is 11.7 Å². The molecule has 1 aromatic rings. The third kappa shape index (κ3) is 4.49. The maximum absolute atomic E-state index is 11.6. The van der Waals surface area contributed by atoms with Crippen molar-refractivity contribution in [3.63, 3.8) is 0 Å². The zero-order chi connectivity index (χ0) is 14.2.